The van der Waals surface area contributed by atoms with Crippen LogP contribution in [0.3, 0.4) is 0 Å². The van der Waals surface area contributed by atoms with Gasteiger partial charge in [-0.05, 0) is 36.4 Å². The standard InChI is InChI=1S/C17H18N2O2S/c20-17-13-6-1-2-7-14(13)18-16(15-8-4-10-22-15)19(17)11-12-5-3-9-21-12/h1-2,4,6-8,10,12,16,18H,3,5,9,11H2/t12-,16+/m1/s1. The lowest BCUT2D eigenvalue weighted by molar-refractivity contribution is 0.0430. The van der Waals surface area contributed by atoms with Gasteiger partial charge < -0.3 is 15.0 Å². The van der Waals surface area contributed by atoms with Gasteiger partial charge in [-0.3, -0.25) is 4.79 Å². The smallest absolute Gasteiger partial charge is 0.257 e. The predicted octanol–water partition coefficient (Wildman–Crippen LogP) is 3.49. The first-order valence-corrected chi connectivity index (χ1v) is 8.52. The molecule has 1 amide bonds. The molecule has 4 nitrogen and oxygen atoms in total. The van der Waals surface area contributed by atoms with Crippen molar-refractivity contribution in [3.05, 3.63) is 52.2 Å². The Morgan fingerprint density at radius 3 is 2.95 bits per heavy atom. The number of anilines is 1. The number of thiophene rings is 1. The molecule has 2 atom stereocenters. The van der Waals surface area contributed by atoms with Gasteiger partial charge >= 0.3 is 0 Å². The minimum Gasteiger partial charge on any atom is -0.376 e. The summed E-state index contributed by atoms with van der Waals surface area (Å²) in [5.74, 6) is 0.0863. The van der Waals surface area contributed by atoms with Gasteiger partial charge in [-0.1, -0.05) is 18.2 Å². The summed E-state index contributed by atoms with van der Waals surface area (Å²) in [5, 5.41) is 5.56. The van der Waals surface area contributed by atoms with Crippen LogP contribution >= 0.6 is 11.3 Å². The highest BCUT2D eigenvalue weighted by Crippen LogP contribution is 2.35. The van der Waals surface area contributed by atoms with Crippen LogP contribution in [-0.2, 0) is 4.74 Å². The van der Waals surface area contributed by atoms with Crippen molar-refractivity contribution in [2.75, 3.05) is 18.5 Å². The SMILES string of the molecule is O=C1c2ccccc2N[C@H](c2cccs2)N1C[C@H]1CCCO1. The fraction of sp³-hybridized carbons (Fsp3) is 0.353. The number of nitrogens with one attached hydrogen (secondary N) is 1. The minimum atomic E-state index is -0.105. The number of hydrogen-bond donors (Lipinski definition) is 1. The van der Waals surface area contributed by atoms with Crippen molar-refractivity contribution in [3.63, 3.8) is 0 Å². The average Bonchev–Trinajstić information content (AvgIpc) is 3.23. The second-order valence-electron chi connectivity index (χ2n) is 5.70. The Bertz CT molecular complexity index is 665. The van der Waals surface area contributed by atoms with Crippen molar-refractivity contribution >= 4 is 22.9 Å². The summed E-state index contributed by atoms with van der Waals surface area (Å²) in [5.41, 5.74) is 1.66. The quantitative estimate of drug-likeness (QED) is 0.943. The van der Waals surface area contributed by atoms with Gasteiger partial charge in [0.25, 0.3) is 5.91 Å². The largest absolute Gasteiger partial charge is 0.376 e. The van der Waals surface area contributed by atoms with E-state index in [1.165, 1.54) is 0 Å². The summed E-state index contributed by atoms with van der Waals surface area (Å²) < 4.78 is 5.74. The number of fused-ring (bicyclic) bond motifs is 1. The van der Waals surface area contributed by atoms with Gasteiger partial charge in [0.15, 0.2) is 0 Å². The third-order valence-electron chi connectivity index (χ3n) is 4.26. The van der Waals surface area contributed by atoms with Crippen LogP contribution in [0.5, 0.6) is 0 Å². The van der Waals surface area contributed by atoms with Crippen LogP contribution in [0.4, 0.5) is 5.69 Å². The van der Waals surface area contributed by atoms with Gasteiger partial charge in [0, 0.05) is 23.7 Å². The molecule has 1 aromatic carbocycles. The maximum atomic E-state index is 12.9. The van der Waals surface area contributed by atoms with Crippen LogP contribution in [0.2, 0.25) is 0 Å². The van der Waals surface area contributed by atoms with Crippen LogP contribution < -0.4 is 5.32 Å². The number of hydrogen-bond acceptors (Lipinski definition) is 4. The van der Waals surface area contributed by atoms with Crippen molar-refractivity contribution < 1.29 is 9.53 Å². The van der Waals surface area contributed by atoms with E-state index in [0.717, 1.165) is 35.6 Å². The Morgan fingerprint density at radius 1 is 1.27 bits per heavy atom. The van der Waals surface area contributed by atoms with Gasteiger partial charge in [0.1, 0.15) is 6.17 Å². The lowest BCUT2D eigenvalue weighted by Gasteiger charge is -2.38. The molecule has 114 valence electrons. The van der Waals surface area contributed by atoms with E-state index in [4.69, 9.17) is 4.74 Å². The Hall–Kier alpha value is -1.85. The topological polar surface area (TPSA) is 41.6 Å². The normalized spacial score (nSPS) is 24.2. The van der Waals surface area contributed by atoms with Crippen LogP contribution in [0, 0.1) is 0 Å². The van der Waals surface area contributed by atoms with Gasteiger partial charge in [-0.2, -0.15) is 0 Å². The Balaban J connectivity index is 1.69. The number of para-hydroxylation sites is 1. The minimum absolute atomic E-state index is 0.0863. The molecule has 1 aromatic heterocycles. The van der Waals surface area contributed by atoms with Crippen LogP contribution in [-0.4, -0.2) is 30.1 Å². The zero-order valence-corrected chi connectivity index (χ0v) is 13.0. The summed E-state index contributed by atoms with van der Waals surface area (Å²) in [6.07, 6.45) is 2.16. The van der Waals surface area contributed by atoms with Crippen LogP contribution in [0.15, 0.2) is 41.8 Å². The highest BCUT2D eigenvalue weighted by atomic mass is 32.1. The molecule has 5 heteroatoms. The number of nitrogens with zero attached hydrogens (tertiary/aromatic N) is 1. The number of rotatable bonds is 3. The first-order chi connectivity index (χ1) is 10.8. The van der Waals surface area contributed by atoms with Gasteiger partial charge in [0.2, 0.25) is 0 Å². The first-order valence-electron chi connectivity index (χ1n) is 7.64. The zero-order valence-electron chi connectivity index (χ0n) is 12.2. The van der Waals surface area contributed by atoms with E-state index in [2.05, 4.69) is 11.4 Å². The molecule has 22 heavy (non-hydrogen) atoms. The highest BCUT2D eigenvalue weighted by molar-refractivity contribution is 7.10. The van der Waals surface area contributed by atoms with E-state index in [1.54, 1.807) is 11.3 Å². The summed E-state index contributed by atoms with van der Waals surface area (Å²) >= 11 is 1.67. The summed E-state index contributed by atoms with van der Waals surface area (Å²) in [7, 11) is 0. The molecule has 3 heterocycles. The fourth-order valence-electron chi connectivity index (χ4n) is 3.16. The monoisotopic (exact) mass is 314 g/mol. The number of carbonyl (C=O) groups excluding carboxylic acids is 1. The lowest BCUT2D eigenvalue weighted by atomic mass is 10.1. The molecule has 0 radical (unpaired) electrons. The maximum Gasteiger partial charge on any atom is 0.257 e. The zero-order chi connectivity index (χ0) is 14.9. The Labute approximate surface area is 133 Å². The van der Waals surface area contributed by atoms with Crippen molar-refractivity contribution in [3.8, 4) is 0 Å². The number of amides is 1. The van der Waals surface area contributed by atoms with Crippen molar-refractivity contribution in [2.24, 2.45) is 0 Å². The van der Waals surface area contributed by atoms with E-state index in [1.807, 2.05) is 40.6 Å². The second kappa shape index (κ2) is 5.74. The van der Waals surface area contributed by atoms with E-state index in [9.17, 15) is 4.79 Å². The number of carbonyl (C=O) groups is 1. The molecular weight excluding hydrogens is 296 g/mol. The van der Waals surface area contributed by atoms with Crippen molar-refractivity contribution in [2.45, 2.75) is 25.1 Å². The highest BCUT2D eigenvalue weighted by Gasteiger charge is 2.35. The molecule has 0 spiro atoms. The molecule has 0 saturated carbocycles. The molecule has 2 aromatic rings. The molecule has 1 fully saturated rings. The van der Waals surface area contributed by atoms with E-state index < -0.39 is 0 Å². The molecule has 0 aliphatic carbocycles. The molecule has 1 N–H and O–H groups in total. The summed E-state index contributed by atoms with van der Waals surface area (Å²) in [6.45, 7) is 1.45. The molecule has 2 aliphatic heterocycles. The van der Waals surface area contributed by atoms with Gasteiger partial charge in [-0.15, -0.1) is 11.3 Å². The van der Waals surface area contributed by atoms with E-state index in [-0.39, 0.29) is 18.2 Å². The van der Waals surface area contributed by atoms with Crippen molar-refractivity contribution in [1.82, 2.24) is 4.90 Å². The molecule has 0 unspecified atom stereocenters. The maximum absolute atomic E-state index is 12.9. The van der Waals surface area contributed by atoms with Crippen LogP contribution in [0.1, 0.15) is 34.2 Å². The van der Waals surface area contributed by atoms with E-state index >= 15 is 0 Å². The lowest BCUT2D eigenvalue weighted by Crippen LogP contribution is -2.46. The Morgan fingerprint density at radius 2 is 2.18 bits per heavy atom. The molecule has 1 saturated heterocycles. The molecular formula is C17H18N2O2S. The second-order valence-corrected chi connectivity index (χ2v) is 6.68. The average molecular weight is 314 g/mol. The third-order valence-corrected chi connectivity index (χ3v) is 5.18. The van der Waals surface area contributed by atoms with Gasteiger partial charge in [-0.25, -0.2) is 0 Å². The Kier molecular flexibility index (Phi) is 3.60. The number of benzene rings is 1. The summed E-state index contributed by atoms with van der Waals surface area (Å²) in [4.78, 5) is 16.0. The van der Waals surface area contributed by atoms with Crippen molar-refractivity contribution in [1.29, 1.82) is 0 Å². The summed E-state index contributed by atoms with van der Waals surface area (Å²) in [6, 6.07) is 11.8. The number of ether oxygens (including phenoxy) is 1. The predicted molar refractivity (Wildman–Crippen MR) is 87.1 cm³/mol. The van der Waals surface area contributed by atoms with Crippen LogP contribution in [0.25, 0.3) is 0 Å². The molecule has 4 rings (SSSR count). The van der Waals surface area contributed by atoms with E-state index in [0.29, 0.717) is 6.54 Å². The fourth-order valence-corrected chi connectivity index (χ4v) is 3.95. The first kappa shape index (κ1) is 13.8. The third kappa shape index (κ3) is 2.40. The molecule has 0 bridgehead atoms. The molecule has 2 aliphatic rings. The van der Waals surface area contributed by atoms with Gasteiger partial charge in [0.05, 0.1) is 11.7 Å².